The van der Waals surface area contributed by atoms with Gasteiger partial charge in [-0.25, -0.2) is 8.42 Å². The van der Waals surface area contributed by atoms with E-state index in [-0.39, 0.29) is 23.2 Å². The van der Waals surface area contributed by atoms with Crippen LogP contribution >= 0.6 is 0 Å². The average Bonchev–Trinajstić information content (AvgIpc) is 2.73. The molecule has 0 spiro atoms. The van der Waals surface area contributed by atoms with Crippen LogP contribution in [0.1, 0.15) is 24.6 Å². The van der Waals surface area contributed by atoms with Crippen molar-refractivity contribution in [3.8, 4) is 5.75 Å². The van der Waals surface area contributed by atoms with Crippen molar-refractivity contribution in [2.24, 2.45) is 0 Å². The van der Waals surface area contributed by atoms with Crippen LogP contribution in [0.5, 0.6) is 5.75 Å². The van der Waals surface area contributed by atoms with Crippen molar-refractivity contribution in [3.63, 3.8) is 0 Å². The van der Waals surface area contributed by atoms with Crippen LogP contribution in [0.4, 0.5) is 0 Å². The summed E-state index contributed by atoms with van der Waals surface area (Å²) in [5.41, 5.74) is 0.371. The zero-order valence-electron chi connectivity index (χ0n) is 9.65. The molecule has 3 rings (SSSR count). The number of hydrogen-bond donors (Lipinski definition) is 1. The quantitative estimate of drug-likeness (QED) is 0.823. The first-order valence-corrected chi connectivity index (χ1v) is 7.62. The molecule has 1 fully saturated rings. The van der Waals surface area contributed by atoms with Crippen molar-refractivity contribution in [3.05, 3.63) is 24.2 Å². The van der Waals surface area contributed by atoms with Gasteiger partial charge in [0, 0.05) is 12.1 Å². The maximum Gasteiger partial charge on any atom is 0.203 e. The molecule has 0 radical (unpaired) electrons. The van der Waals surface area contributed by atoms with Gasteiger partial charge in [-0.05, 0) is 25.0 Å². The van der Waals surface area contributed by atoms with E-state index in [1.165, 1.54) is 6.07 Å². The van der Waals surface area contributed by atoms with Gasteiger partial charge in [0.05, 0.1) is 11.5 Å². The topological polar surface area (TPSA) is 84.6 Å². The molecule has 7 heteroatoms. The second kappa shape index (κ2) is 3.94. The lowest BCUT2D eigenvalue weighted by molar-refractivity contribution is 0.477. The monoisotopic (exact) mass is 267 g/mol. The number of hydrogen-bond acceptors (Lipinski definition) is 5. The molecule has 2 aromatic heterocycles. The second-order valence-electron chi connectivity index (χ2n) is 4.60. The fraction of sp³-hybridized carbons (Fsp3) is 0.455. The summed E-state index contributed by atoms with van der Waals surface area (Å²) in [6, 6.07) is 3.22. The van der Waals surface area contributed by atoms with Crippen molar-refractivity contribution in [2.45, 2.75) is 18.8 Å². The van der Waals surface area contributed by atoms with E-state index < -0.39 is 9.84 Å². The molecule has 96 valence electrons. The van der Waals surface area contributed by atoms with Crippen LogP contribution in [0.15, 0.2) is 18.3 Å². The molecule has 1 aliphatic rings. The molecule has 3 heterocycles. The van der Waals surface area contributed by atoms with E-state index in [1.54, 1.807) is 16.7 Å². The van der Waals surface area contributed by atoms with Gasteiger partial charge in [0.1, 0.15) is 5.82 Å². The third-order valence-corrected chi connectivity index (χ3v) is 5.09. The van der Waals surface area contributed by atoms with Crippen LogP contribution < -0.4 is 0 Å². The first-order valence-electron chi connectivity index (χ1n) is 5.80. The highest BCUT2D eigenvalue weighted by Crippen LogP contribution is 2.28. The van der Waals surface area contributed by atoms with E-state index in [1.807, 2.05) is 0 Å². The number of sulfone groups is 1. The molecular formula is C11H13N3O3S. The van der Waals surface area contributed by atoms with Crippen molar-refractivity contribution < 1.29 is 13.5 Å². The highest BCUT2D eigenvalue weighted by Gasteiger charge is 2.29. The van der Waals surface area contributed by atoms with Crippen molar-refractivity contribution in [2.75, 3.05) is 11.5 Å². The molecule has 0 aromatic carbocycles. The molecule has 0 bridgehead atoms. The van der Waals surface area contributed by atoms with Crippen molar-refractivity contribution >= 4 is 15.5 Å². The number of fused-ring (bicyclic) bond motifs is 1. The molecule has 1 N–H and O–H groups in total. The largest absolute Gasteiger partial charge is 0.504 e. The minimum atomic E-state index is -2.98. The molecule has 0 aliphatic carbocycles. The summed E-state index contributed by atoms with van der Waals surface area (Å²) in [6.45, 7) is 0. The molecular weight excluding hydrogens is 254 g/mol. The minimum absolute atomic E-state index is 0.0508. The maximum atomic E-state index is 11.7. The number of aromatic hydroxyl groups is 1. The fourth-order valence-corrected chi connectivity index (χ4v) is 4.13. The lowest BCUT2D eigenvalue weighted by atomic mass is 10.1. The van der Waals surface area contributed by atoms with Crippen molar-refractivity contribution in [1.82, 2.24) is 14.6 Å². The Hall–Kier alpha value is -1.63. The van der Waals surface area contributed by atoms with Gasteiger partial charge in [-0.15, -0.1) is 10.2 Å². The standard InChI is InChI=1S/C11H13N3O3S/c15-9-4-1-5-14-10(12-13-11(9)14)8-3-2-6-18(16,17)7-8/h1,4-5,8,15H,2-3,6-7H2. The summed E-state index contributed by atoms with van der Waals surface area (Å²) in [6.07, 6.45) is 3.18. The average molecular weight is 267 g/mol. The van der Waals surface area contributed by atoms with Gasteiger partial charge in [0.15, 0.2) is 15.6 Å². The first-order chi connectivity index (χ1) is 8.57. The molecule has 1 saturated heterocycles. The zero-order chi connectivity index (χ0) is 12.8. The van der Waals surface area contributed by atoms with Crippen LogP contribution in [-0.2, 0) is 9.84 Å². The van der Waals surface area contributed by atoms with E-state index in [2.05, 4.69) is 10.2 Å². The normalized spacial score (nSPS) is 23.2. The summed E-state index contributed by atoms with van der Waals surface area (Å²) < 4.78 is 25.0. The number of nitrogens with zero attached hydrogens (tertiary/aromatic N) is 3. The molecule has 6 nitrogen and oxygen atoms in total. The Labute approximate surface area is 104 Å². The summed E-state index contributed by atoms with van der Waals surface area (Å²) in [5.74, 6) is 0.897. The smallest absolute Gasteiger partial charge is 0.203 e. The lowest BCUT2D eigenvalue weighted by Crippen LogP contribution is -2.25. The van der Waals surface area contributed by atoms with Crippen LogP contribution in [0.3, 0.4) is 0 Å². The Balaban J connectivity index is 2.07. The highest BCUT2D eigenvalue weighted by atomic mass is 32.2. The Morgan fingerprint density at radius 3 is 3.00 bits per heavy atom. The van der Waals surface area contributed by atoms with Crippen LogP contribution in [-0.4, -0.2) is 39.6 Å². The van der Waals surface area contributed by atoms with E-state index in [0.717, 1.165) is 6.42 Å². The van der Waals surface area contributed by atoms with Crippen LogP contribution in [0, 0.1) is 0 Å². The molecule has 1 aliphatic heterocycles. The van der Waals surface area contributed by atoms with Crippen molar-refractivity contribution in [1.29, 1.82) is 0 Å². The van der Waals surface area contributed by atoms with Gasteiger partial charge in [-0.1, -0.05) is 0 Å². The summed E-state index contributed by atoms with van der Waals surface area (Å²) in [7, 11) is -2.98. The van der Waals surface area contributed by atoms with E-state index >= 15 is 0 Å². The molecule has 1 atom stereocenters. The second-order valence-corrected chi connectivity index (χ2v) is 6.83. The highest BCUT2D eigenvalue weighted by molar-refractivity contribution is 7.91. The van der Waals surface area contributed by atoms with Gasteiger partial charge in [-0.3, -0.25) is 4.40 Å². The molecule has 2 aromatic rings. The van der Waals surface area contributed by atoms with Gasteiger partial charge >= 0.3 is 0 Å². The molecule has 1 unspecified atom stereocenters. The lowest BCUT2D eigenvalue weighted by Gasteiger charge is -2.20. The third-order valence-electron chi connectivity index (χ3n) is 3.27. The predicted molar refractivity (Wildman–Crippen MR) is 65.3 cm³/mol. The number of pyridine rings is 1. The Morgan fingerprint density at radius 2 is 2.22 bits per heavy atom. The van der Waals surface area contributed by atoms with Gasteiger partial charge in [0.2, 0.25) is 5.65 Å². The SMILES string of the molecule is O=S1(=O)CCCC(c2nnc3c(O)cccn23)C1. The van der Waals surface area contributed by atoms with E-state index in [9.17, 15) is 13.5 Å². The van der Waals surface area contributed by atoms with Crippen LogP contribution in [0.25, 0.3) is 5.65 Å². The van der Waals surface area contributed by atoms with Gasteiger partial charge in [-0.2, -0.15) is 0 Å². The third kappa shape index (κ3) is 1.84. The van der Waals surface area contributed by atoms with Crippen LogP contribution in [0.2, 0.25) is 0 Å². The minimum Gasteiger partial charge on any atom is -0.504 e. The van der Waals surface area contributed by atoms with E-state index in [0.29, 0.717) is 17.9 Å². The zero-order valence-corrected chi connectivity index (χ0v) is 10.5. The molecule has 0 saturated carbocycles. The molecule has 18 heavy (non-hydrogen) atoms. The summed E-state index contributed by atoms with van der Waals surface area (Å²) in [4.78, 5) is 0. The Kier molecular flexibility index (Phi) is 2.51. The first kappa shape index (κ1) is 11.5. The fourth-order valence-electron chi connectivity index (χ4n) is 2.42. The summed E-state index contributed by atoms with van der Waals surface area (Å²) >= 11 is 0. The predicted octanol–water partition coefficient (Wildman–Crippen LogP) is 0.727. The summed E-state index contributed by atoms with van der Waals surface area (Å²) in [5, 5.41) is 17.6. The Bertz CT molecular complexity index is 693. The maximum absolute atomic E-state index is 11.7. The van der Waals surface area contributed by atoms with E-state index in [4.69, 9.17) is 0 Å². The number of rotatable bonds is 1. The van der Waals surface area contributed by atoms with Gasteiger partial charge in [0.25, 0.3) is 0 Å². The van der Waals surface area contributed by atoms with Gasteiger partial charge < -0.3 is 5.11 Å². The Morgan fingerprint density at radius 1 is 1.39 bits per heavy atom. The number of aromatic nitrogens is 3. The molecule has 0 amide bonds.